The Bertz CT molecular complexity index is 1200. The number of Topliss-reactive ketones (excluding diaryl/α,β-unsaturated/α-hetero) is 1. The minimum Gasteiger partial charge on any atom is -0.365 e. The fraction of sp³-hybridized carbons (Fsp3) is 0.529. The van der Waals surface area contributed by atoms with E-state index in [4.69, 9.17) is 10.5 Å². The van der Waals surface area contributed by atoms with Crippen LogP contribution >= 0.6 is 0 Å². The highest BCUT2D eigenvalue weighted by Gasteiger charge is 2.37. The van der Waals surface area contributed by atoms with Crippen LogP contribution in [0.1, 0.15) is 63.0 Å². The van der Waals surface area contributed by atoms with E-state index in [0.717, 1.165) is 36.9 Å². The second-order valence-corrected chi connectivity index (χ2v) is 12.1. The van der Waals surface area contributed by atoms with Crippen LogP contribution in [0, 0.1) is 5.92 Å². The number of carbonyl (C=O) groups is 3. The number of ether oxygens (including phenoxy) is 1. The van der Waals surface area contributed by atoms with Crippen molar-refractivity contribution >= 4 is 23.9 Å². The normalized spacial score (nSPS) is 22.4. The van der Waals surface area contributed by atoms with Crippen LogP contribution in [-0.2, 0) is 36.8 Å². The van der Waals surface area contributed by atoms with Gasteiger partial charge in [0.15, 0.2) is 5.78 Å². The van der Waals surface area contributed by atoms with Gasteiger partial charge < -0.3 is 26.4 Å². The Morgan fingerprint density at radius 1 is 0.953 bits per heavy atom. The van der Waals surface area contributed by atoms with Crippen molar-refractivity contribution in [2.24, 2.45) is 11.7 Å². The summed E-state index contributed by atoms with van der Waals surface area (Å²) in [7, 11) is 0. The number of hydrogen-bond donors (Lipinski definition) is 4. The zero-order valence-corrected chi connectivity index (χ0v) is 25.1. The third kappa shape index (κ3) is 10.1. The molecule has 0 bridgehead atoms. The lowest BCUT2D eigenvalue weighted by Gasteiger charge is -2.42. The number of amides is 2. The average molecular weight is 590 g/mol. The highest BCUT2D eigenvalue weighted by atomic mass is 16.6. The van der Waals surface area contributed by atoms with E-state index in [9.17, 15) is 19.2 Å². The molecule has 43 heavy (non-hydrogen) atoms. The van der Waals surface area contributed by atoms with Gasteiger partial charge in [0, 0.05) is 18.4 Å². The van der Waals surface area contributed by atoms with Crippen molar-refractivity contribution in [2.75, 3.05) is 13.2 Å². The van der Waals surface area contributed by atoms with E-state index in [2.05, 4.69) is 22.9 Å². The highest BCUT2D eigenvalue weighted by molar-refractivity contribution is 5.91. The molecular formula is C34H45N4O5. The predicted molar refractivity (Wildman–Crippen MR) is 165 cm³/mol. The maximum atomic E-state index is 13.5. The molecule has 0 aliphatic carbocycles. The molecular weight excluding hydrogens is 544 g/mol. The molecule has 2 saturated heterocycles. The summed E-state index contributed by atoms with van der Waals surface area (Å²) in [4.78, 5) is 51.0. The van der Waals surface area contributed by atoms with Crippen molar-refractivity contribution in [3.8, 4) is 0 Å². The molecule has 4 unspecified atom stereocenters. The fourth-order valence-electron chi connectivity index (χ4n) is 6.02. The van der Waals surface area contributed by atoms with Crippen molar-refractivity contribution in [3.63, 3.8) is 0 Å². The van der Waals surface area contributed by atoms with Crippen molar-refractivity contribution in [3.05, 3.63) is 71.8 Å². The smallest absolute Gasteiger partial charge is 0.243 e. The molecule has 4 rings (SSSR count). The Labute approximate surface area is 254 Å². The average Bonchev–Trinajstić information content (AvgIpc) is 3.87. The van der Waals surface area contributed by atoms with E-state index in [1.807, 2.05) is 66.9 Å². The molecule has 0 saturated carbocycles. The topological polar surface area (TPSA) is 143 Å². The molecule has 2 aromatic rings. The van der Waals surface area contributed by atoms with Gasteiger partial charge in [0.1, 0.15) is 12.1 Å². The molecule has 2 aliphatic rings. The molecule has 2 amide bonds. The zero-order valence-electron chi connectivity index (χ0n) is 25.1. The fourth-order valence-corrected chi connectivity index (χ4v) is 6.02. The summed E-state index contributed by atoms with van der Waals surface area (Å²) in [6.07, 6.45) is 7.66. The SMILES string of the molecule is CC1(C(CCC(=O)C2CO2)CCC([C]=O)NC(=O)[C@H](Cc2ccccc2)NC(=O)[C@@H](N)Cc2ccccc2)CCCCN1. The van der Waals surface area contributed by atoms with E-state index in [0.29, 0.717) is 38.7 Å². The summed E-state index contributed by atoms with van der Waals surface area (Å²) >= 11 is 0. The Kier molecular flexibility index (Phi) is 12.0. The van der Waals surface area contributed by atoms with E-state index in [-0.39, 0.29) is 29.8 Å². The molecule has 9 heteroatoms. The molecule has 2 fully saturated rings. The van der Waals surface area contributed by atoms with Crippen LogP contribution in [0.4, 0.5) is 0 Å². The zero-order chi connectivity index (χ0) is 30.7. The van der Waals surface area contributed by atoms with Gasteiger partial charge >= 0.3 is 0 Å². The Morgan fingerprint density at radius 3 is 2.19 bits per heavy atom. The summed E-state index contributed by atoms with van der Waals surface area (Å²) in [5.41, 5.74) is 7.85. The van der Waals surface area contributed by atoms with Crippen molar-refractivity contribution < 1.29 is 23.9 Å². The summed E-state index contributed by atoms with van der Waals surface area (Å²) in [6, 6.07) is 16.3. The first-order valence-corrected chi connectivity index (χ1v) is 15.5. The number of ketones is 1. The number of carbonyl (C=O) groups excluding carboxylic acids is 4. The third-order valence-electron chi connectivity index (χ3n) is 8.80. The highest BCUT2D eigenvalue weighted by Crippen LogP contribution is 2.34. The lowest BCUT2D eigenvalue weighted by molar-refractivity contribution is -0.129. The molecule has 1 radical (unpaired) electrons. The Balaban J connectivity index is 1.39. The number of piperidine rings is 1. The molecule has 2 heterocycles. The van der Waals surface area contributed by atoms with Gasteiger partial charge in [-0.05, 0) is 69.0 Å². The summed E-state index contributed by atoms with van der Waals surface area (Å²) in [6.45, 7) is 3.61. The van der Waals surface area contributed by atoms with Crippen molar-refractivity contribution in [2.45, 2.75) is 94.5 Å². The number of nitrogens with one attached hydrogen (secondary N) is 3. The number of epoxide rings is 1. The van der Waals surface area contributed by atoms with Crippen LogP contribution in [-0.4, -0.2) is 66.8 Å². The molecule has 9 nitrogen and oxygen atoms in total. The summed E-state index contributed by atoms with van der Waals surface area (Å²) in [5.74, 6) is -0.635. The van der Waals surface area contributed by atoms with Crippen LogP contribution in [0.5, 0.6) is 0 Å². The van der Waals surface area contributed by atoms with Gasteiger partial charge in [-0.25, -0.2) is 0 Å². The first kappa shape index (κ1) is 32.5. The molecule has 2 aliphatic heterocycles. The van der Waals surface area contributed by atoms with Gasteiger partial charge in [-0.3, -0.25) is 19.2 Å². The number of benzene rings is 2. The first-order chi connectivity index (χ1) is 20.8. The van der Waals surface area contributed by atoms with Crippen LogP contribution in [0.3, 0.4) is 0 Å². The first-order valence-electron chi connectivity index (χ1n) is 15.5. The van der Waals surface area contributed by atoms with Crippen LogP contribution in [0.25, 0.3) is 0 Å². The molecule has 231 valence electrons. The van der Waals surface area contributed by atoms with Gasteiger partial charge in [-0.2, -0.15) is 0 Å². The molecule has 0 aromatic heterocycles. The van der Waals surface area contributed by atoms with Gasteiger partial charge in [-0.15, -0.1) is 0 Å². The van der Waals surface area contributed by atoms with E-state index in [1.54, 1.807) is 0 Å². The second-order valence-electron chi connectivity index (χ2n) is 12.1. The van der Waals surface area contributed by atoms with Crippen LogP contribution < -0.4 is 21.7 Å². The predicted octanol–water partition coefficient (Wildman–Crippen LogP) is 2.56. The Hall–Kier alpha value is -3.40. The number of nitrogens with two attached hydrogens (primary N) is 1. The van der Waals surface area contributed by atoms with Gasteiger partial charge in [0.25, 0.3) is 0 Å². The lowest BCUT2D eigenvalue weighted by Crippen LogP contribution is -2.55. The van der Waals surface area contributed by atoms with E-state index >= 15 is 0 Å². The van der Waals surface area contributed by atoms with Crippen LogP contribution in [0.15, 0.2) is 60.7 Å². The minimum absolute atomic E-state index is 0.126. The third-order valence-corrected chi connectivity index (χ3v) is 8.80. The standard InChI is InChI=1S/C34H45N4O5/c1-34(18-8-9-19-36-34)26(15-17-30(40)31-23-43-31)14-16-27(22-39)37-33(42)29(21-25-12-6-3-7-13-25)38-32(41)28(35)20-24-10-4-2-5-11-24/h2-7,10-13,26-29,31,36H,8-9,14-21,23,35H2,1H3,(H,37,42)(H,38,41)/t26?,27?,28-,29-,31?,34?/m0/s1. The lowest BCUT2D eigenvalue weighted by atomic mass is 9.74. The van der Waals surface area contributed by atoms with Gasteiger partial charge in [-0.1, -0.05) is 67.1 Å². The molecule has 6 atom stereocenters. The van der Waals surface area contributed by atoms with E-state index < -0.39 is 29.9 Å². The second kappa shape index (κ2) is 15.9. The Morgan fingerprint density at radius 2 is 1.60 bits per heavy atom. The molecule has 0 spiro atoms. The summed E-state index contributed by atoms with van der Waals surface area (Å²) < 4.78 is 5.17. The quantitative estimate of drug-likeness (QED) is 0.208. The van der Waals surface area contributed by atoms with Gasteiger partial charge in [0.05, 0.1) is 18.7 Å². The van der Waals surface area contributed by atoms with Crippen LogP contribution in [0.2, 0.25) is 0 Å². The summed E-state index contributed by atoms with van der Waals surface area (Å²) in [5, 5.41) is 9.29. The van der Waals surface area contributed by atoms with Gasteiger partial charge in [0.2, 0.25) is 18.1 Å². The van der Waals surface area contributed by atoms with E-state index in [1.165, 1.54) is 0 Å². The maximum Gasteiger partial charge on any atom is 0.243 e. The number of hydrogen-bond acceptors (Lipinski definition) is 7. The maximum absolute atomic E-state index is 13.5. The monoisotopic (exact) mass is 589 g/mol. The molecule has 5 N–H and O–H groups in total. The van der Waals surface area contributed by atoms with Crippen molar-refractivity contribution in [1.29, 1.82) is 0 Å². The number of rotatable bonds is 17. The van der Waals surface area contributed by atoms with Crippen molar-refractivity contribution in [1.82, 2.24) is 16.0 Å². The largest absolute Gasteiger partial charge is 0.365 e. The minimum atomic E-state index is -0.919. The molecule has 2 aromatic carbocycles.